The molecule has 0 atom stereocenters. The van der Waals surface area contributed by atoms with E-state index in [4.69, 9.17) is 0 Å². The number of hydrogen-bond donors (Lipinski definition) is 2. The summed E-state index contributed by atoms with van der Waals surface area (Å²) >= 11 is 3.20. The van der Waals surface area contributed by atoms with Gasteiger partial charge in [0, 0.05) is 21.5 Å². The molecule has 132 valence electrons. The third kappa shape index (κ3) is 5.68. The molecule has 2 N–H and O–H groups in total. The Hall–Kier alpha value is -2.70. The number of carbonyl (C=O) groups is 2. The number of benzene rings is 1. The smallest absolute Gasteiger partial charge is 0.248 e. The van der Waals surface area contributed by atoms with Gasteiger partial charge in [0.1, 0.15) is 0 Å². The first kappa shape index (κ1) is 18.1. The predicted octanol–water partition coefficient (Wildman–Crippen LogP) is 4.32. The fraction of sp³-hybridized carbons (Fsp3) is 0.100. The largest absolute Gasteiger partial charge is 0.351 e. The molecule has 3 aromatic rings. The van der Waals surface area contributed by atoms with E-state index in [1.165, 1.54) is 6.08 Å². The lowest BCUT2D eigenvalue weighted by atomic mass is 10.1. The summed E-state index contributed by atoms with van der Waals surface area (Å²) in [4.78, 5) is 26.1. The van der Waals surface area contributed by atoms with E-state index in [2.05, 4.69) is 10.6 Å². The monoisotopic (exact) mass is 382 g/mol. The normalized spacial score (nSPS) is 10.8. The van der Waals surface area contributed by atoms with Crippen molar-refractivity contribution < 1.29 is 9.59 Å². The van der Waals surface area contributed by atoms with Crippen molar-refractivity contribution in [1.29, 1.82) is 0 Å². The highest BCUT2D eigenvalue weighted by Gasteiger charge is 2.05. The van der Waals surface area contributed by atoms with Crippen LogP contribution < -0.4 is 10.6 Å². The maximum Gasteiger partial charge on any atom is 0.248 e. The van der Waals surface area contributed by atoms with Crippen LogP contribution in [-0.4, -0.2) is 11.8 Å². The third-order valence-corrected chi connectivity index (χ3v) is 5.28. The Labute approximate surface area is 160 Å². The van der Waals surface area contributed by atoms with Crippen molar-refractivity contribution in [2.24, 2.45) is 0 Å². The topological polar surface area (TPSA) is 58.2 Å². The summed E-state index contributed by atoms with van der Waals surface area (Å²) in [6.45, 7) is 0.557. The second-order valence-corrected chi connectivity index (χ2v) is 7.58. The molecule has 0 saturated heterocycles. The number of nitrogens with one attached hydrogen (secondary N) is 2. The average molecular weight is 383 g/mol. The molecule has 4 nitrogen and oxygen atoms in total. The molecule has 0 fully saturated rings. The number of thiophene rings is 2. The average Bonchev–Trinajstić information content (AvgIpc) is 3.34. The van der Waals surface area contributed by atoms with Crippen LogP contribution in [-0.2, 0) is 22.6 Å². The van der Waals surface area contributed by atoms with Crippen LogP contribution in [0, 0.1) is 0 Å². The zero-order valence-corrected chi connectivity index (χ0v) is 15.6. The first-order chi connectivity index (χ1) is 12.7. The van der Waals surface area contributed by atoms with E-state index in [0.717, 1.165) is 15.3 Å². The van der Waals surface area contributed by atoms with E-state index in [1.54, 1.807) is 40.9 Å². The van der Waals surface area contributed by atoms with Gasteiger partial charge in [0.15, 0.2) is 0 Å². The SMILES string of the molecule is O=C(/C=C/c1cccs1)Nc1ccc(CC(=O)NCc2cccs2)cc1. The molecule has 26 heavy (non-hydrogen) atoms. The molecule has 1 aromatic carbocycles. The minimum Gasteiger partial charge on any atom is -0.351 e. The Balaban J connectivity index is 1.46. The van der Waals surface area contributed by atoms with Gasteiger partial charge >= 0.3 is 0 Å². The summed E-state index contributed by atoms with van der Waals surface area (Å²) in [6, 6.07) is 15.2. The second kappa shape index (κ2) is 9.12. The summed E-state index contributed by atoms with van der Waals surface area (Å²) in [5.41, 5.74) is 1.61. The van der Waals surface area contributed by atoms with Gasteiger partial charge in [0.2, 0.25) is 11.8 Å². The van der Waals surface area contributed by atoms with Crippen LogP contribution >= 0.6 is 22.7 Å². The molecule has 0 aliphatic heterocycles. The standard InChI is InChI=1S/C20H18N2O2S2/c23-19(10-9-17-3-1-11-25-17)22-16-7-5-15(6-8-16)13-20(24)21-14-18-4-2-12-26-18/h1-12H,13-14H2,(H,21,24)(H,22,23)/b10-9+. The van der Waals surface area contributed by atoms with E-state index in [0.29, 0.717) is 18.7 Å². The highest BCUT2D eigenvalue weighted by atomic mass is 32.1. The number of anilines is 1. The number of carbonyl (C=O) groups excluding carboxylic acids is 2. The zero-order chi connectivity index (χ0) is 18.2. The first-order valence-electron chi connectivity index (χ1n) is 8.09. The number of rotatable bonds is 7. The van der Waals surface area contributed by atoms with Gasteiger partial charge < -0.3 is 10.6 Å². The van der Waals surface area contributed by atoms with Gasteiger partial charge in [-0.1, -0.05) is 24.3 Å². The lowest BCUT2D eigenvalue weighted by Gasteiger charge is -2.06. The fourth-order valence-corrected chi connectivity index (χ4v) is 3.54. The third-order valence-electron chi connectivity index (χ3n) is 3.57. The summed E-state index contributed by atoms with van der Waals surface area (Å²) in [5, 5.41) is 9.67. The van der Waals surface area contributed by atoms with Crippen molar-refractivity contribution in [3.8, 4) is 0 Å². The van der Waals surface area contributed by atoms with Gasteiger partial charge in [-0.3, -0.25) is 9.59 Å². The van der Waals surface area contributed by atoms with E-state index < -0.39 is 0 Å². The summed E-state index contributed by atoms with van der Waals surface area (Å²) in [7, 11) is 0. The molecular formula is C20H18N2O2S2. The molecule has 2 amide bonds. The second-order valence-electron chi connectivity index (χ2n) is 5.57. The highest BCUT2D eigenvalue weighted by molar-refractivity contribution is 7.10. The van der Waals surface area contributed by atoms with Crippen molar-refractivity contribution in [3.63, 3.8) is 0 Å². The minimum atomic E-state index is -0.181. The molecule has 0 radical (unpaired) electrons. The summed E-state index contributed by atoms with van der Waals surface area (Å²) < 4.78 is 0. The van der Waals surface area contributed by atoms with Gasteiger partial charge in [-0.05, 0) is 46.7 Å². The van der Waals surface area contributed by atoms with Gasteiger partial charge in [0.25, 0.3) is 0 Å². The van der Waals surface area contributed by atoms with Crippen molar-refractivity contribution in [2.75, 3.05) is 5.32 Å². The Kier molecular flexibility index (Phi) is 6.35. The van der Waals surface area contributed by atoms with Crippen molar-refractivity contribution in [1.82, 2.24) is 5.32 Å². The molecular weight excluding hydrogens is 364 g/mol. The predicted molar refractivity (Wildman–Crippen MR) is 108 cm³/mol. The minimum absolute atomic E-state index is 0.0194. The van der Waals surface area contributed by atoms with Crippen LogP contribution in [0.15, 0.2) is 65.4 Å². The van der Waals surface area contributed by atoms with Gasteiger partial charge in [0.05, 0.1) is 13.0 Å². The van der Waals surface area contributed by atoms with Crippen molar-refractivity contribution >= 4 is 46.3 Å². The Morgan fingerprint density at radius 3 is 2.42 bits per heavy atom. The summed E-state index contributed by atoms with van der Waals surface area (Å²) in [6.07, 6.45) is 3.61. The molecule has 2 heterocycles. The van der Waals surface area contributed by atoms with E-state index in [-0.39, 0.29) is 11.8 Å². The van der Waals surface area contributed by atoms with Gasteiger partial charge in [-0.25, -0.2) is 0 Å². The molecule has 0 saturated carbocycles. The van der Waals surface area contributed by atoms with Gasteiger partial charge in [-0.15, -0.1) is 22.7 Å². The highest BCUT2D eigenvalue weighted by Crippen LogP contribution is 2.13. The molecule has 0 aliphatic rings. The van der Waals surface area contributed by atoms with Crippen LogP contribution in [0.1, 0.15) is 15.3 Å². The molecule has 0 aliphatic carbocycles. The molecule has 6 heteroatoms. The molecule has 3 rings (SSSR count). The molecule has 2 aromatic heterocycles. The molecule has 0 bridgehead atoms. The van der Waals surface area contributed by atoms with Crippen molar-refractivity contribution in [3.05, 3.63) is 80.7 Å². The zero-order valence-electron chi connectivity index (χ0n) is 14.0. The lowest BCUT2D eigenvalue weighted by Crippen LogP contribution is -2.24. The first-order valence-corrected chi connectivity index (χ1v) is 9.85. The fourth-order valence-electron chi connectivity index (χ4n) is 2.28. The Bertz CT molecular complexity index is 867. The van der Waals surface area contributed by atoms with E-state index in [9.17, 15) is 9.59 Å². The Morgan fingerprint density at radius 1 is 0.962 bits per heavy atom. The molecule has 0 spiro atoms. The van der Waals surface area contributed by atoms with Crippen LogP contribution in [0.3, 0.4) is 0 Å². The lowest BCUT2D eigenvalue weighted by molar-refractivity contribution is -0.120. The van der Waals surface area contributed by atoms with Crippen molar-refractivity contribution in [2.45, 2.75) is 13.0 Å². The summed E-state index contributed by atoms with van der Waals surface area (Å²) in [5.74, 6) is -0.200. The van der Waals surface area contributed by atoms with Crippen LogP contribution in [0.5, 0.6) is 0 Å². The van der Waals surface area contributed by atoms with Crippen LogP contribution in [0.2, 0.25) is 0 Å². The van der Waals surface area contributed by atoms with E-state index >= 15 is 0 Å². The quantitative estimate of drug-likeness (QED) is 0.598. The Morgan fingerprint density at radius 2 is 1.73 bits per heavy atom. The van der Waals surface area contributed by atoms with Gasteiger partial charge in [-0.2, -0.15) is 0 Å². The molecule has 0 unspecified atom stereocenters. The van der Waals surface area contributed by atoms with E-state index in [1.807, 2.05) is 47.2 Å². The maximum atomic E-state index is 12.0. The number of hydrogen-bond acceptors (Lipinski definition) is 4. The van der Waals surface area contributed by atoms with Crippen LogP contribution in [0.4, 0.5) is 5.69 Å². The number of amides is 2. The van der Waals surface area contributed by atoms with Crippen LogP contribution in [0.25, 0.3) is 6.08 Å². The maximum absolute atomic E-state index is 12.0.